The molecule has 6 heteroatoms. The van der Waals surface area contributed by atoms with Gasteiger partial charge in [0, 0.05) is 6.54 Å². The lowest BCUT2D eigenvalue weighted by atomic mass is 9.83. The quantitative estimate of drug-likeness (QED) is 0.742. The van der Waals surface area contributed by atoms with Crippen molar-refractivity contribution in [3.63, 3.8) is 0 Å². The highest BCUT2D eigenvalue weighted by Gasteiger charge is 2.52. The van der Waals surface area contributed by atoms with Crippen LogP contribution in [-0.2, 0) is 15.9 Å². The summed E-state index contributed by atoms with van der Waals surface area (Å²) in [5.74, 6) is 0.433. The number of rotatable bonds is 2. The van der Waals surface area contributed by atoms with Gasteiger partial charge in [-0.05, 0) is 45.4 Å². The Morgan fingerprint density at radius 2 is 1.72 bits per heavy atom. The SMILES string of the molecule is CC1(C)OB(c2cc(CN)cc(N)n2)OC1(C)C. The molecule has 1 saturated heterocycles. The molecule has 5 nitrogen and oxygen atoms in total. The van der Waals surface area contributed by atoms with Gasteiger partial charge in [-0.1, -0.05) is 0 Å². The molecule has 18 heavy (non-hydrogen) atoms. The van der Waals surface area contributed by atoms with Gasteiger partial charge in [0.2, 0.25) is 0 Å². The summed E-state index contributed by atoms with van der Waals surface area (Å²) in [6.45, 7) is 8.43. The maximum Gasteiger partial charge on any atom is 0.514 e. The third-order valence-electron chi connectivity index (χ3n) is 3.66. The molecule has 0 radical (unpaired) electrons. The highest BCUT2D eigenvalue weighted by molar-refractivity contribution is 6.61. The van der Waals surface area contributed by atoms with Crippen molar-refractivity contribution >= 4 is 18.5 Å². The Kier molecular flexibility index (Phi) is 3.13. The minimum Gasteiger partial charge on any atom is -0.398 e. The molecule has 1 aromatic rings. The van der Waals surface area contributed by atoms with Crippen molar-refractivity contribution in [2.75, 3.05) is 5.73 Å². The van der Waals surface area contributed by atoms with Crippen LogP contribution in [0.5, 0.6) is 0 Å². The van der Waals surface area contributed by atoms with Gasteiger partial charge in [-0.3, -0.25) is 0 Å². The van der Waals surface area contributed by atoms with Crippen molar-refractivity contribution in [3.05, 3.63) is 17.7 Å². The number of nitrogens with zero attached hydrogens (tertiary/aromatic N) is 1. The number of nitrogens with two attached hydrogens (primary N) is 2. The number of hydrogen-bond acceptors (Lipinski definition) is 5. The lowest BCUT2D eigenvalue weighted by Gasteiger charge is -2.32. The van der Waals surface area contributed by atoms with Crippen molar-refractivity contribution in [2.24, 2.45) is 5.73 Å². The van der Waals surface area contributed by atoms with Crippen LogP contribution in [0.4, 0.5) is 5.82 Å². The van der Waals surface area contributed by atoms with E-state index in [-0.39, 0.29) is 11.2 Å². The zero-order valence-electron chi connectivity index (χ0n) is 11.4. The van der Waals surface area contributed by atoms with Gasteiger partial charge in [0.25, 0.3) is 0 Å². The summed E-state index contributed by atoms with van der Waals surface area (Å²) >= 11 is 0. The first-order valence-corrected chi connectivity index (χ1v) is 6.07. The van der Waals surface area contributed by atoms with Crippen LogP contribution < -0.4 is 17.1 Å². The molecule has 1 aliphatic rings. The minimum atomic E-state index is -0.496. The summed E-state index contributed by atoms with van der Waals surface area (Å²) in [7, 11) is -0.496. The van der Waals surface area contributed by atoms with Gasteiger partial charge in [0.1, 0.15) is 5.82 Å². The first-order chi connectivity index (χ1) is 8.25. The number of pyridine rings is 1. The molecular weight excluding hydrogens is 229 g/mol. The van der Waals surface area contributed by atoms with E-state index in [0.29, 0.717) is 18.0 Å². The van der Waals surface area contributed by atoms with E-state index in [0.717, 1.165) is 5.56 Å². The van der Waals surface area contributed by atoms with Crippen LogP contribution in [0.15, 0.2) is 12.1 Å². The third kappa shape index (κ3) is 2.23. The second-order valence-electron chi connectivity index (χ2n) is 5.62. The molecule has 1 aromatic heterocycles. The minimum absolute atomic E-state index is 0.382. The van der Waals surface area contributed by atoms with E-state index < -0.39 is 7.12 Å². The van der Waals surface area contributed by atoms with Crippen LogP contribution in [0, 0.1) is 0 Å². The molecule has 2 rings (SSSR count). The van der Waals surface area contributed by atoms with Crippen molar-refractivity contribution in [1.82, 2.24) is 4.98 Å². The van der Waals surface area contributed by atoms with Gasteiger partial charge < -0.3 is 20.8 Å². The van der Waals surface area contributed by atoms with Gasteiger partial charge >= 0.3 is 7.12 Å². The van der Waals surface area contributed by atoms with Gasteiger partial charge in [0.05, 0.1) is 16.8 Å². The zero-order chi connectivity index (χ0) is 13.6. The van der Waals surface area contributed by atoms with Crippen molar-refractivity contribution in [2.45, 2.75) is 45.4 Å². The van der Waals surface area contributed by atoms with Crippen LogP contribution in [0.2, 0.25) is 0 Å². The van der Waals surface area contributed by atoms with Crippen LogP contribution in [0.1, 0.15) is 33.3 Å². The van der Waals surface area contributed by atoms with E-state index >= 15 is 0 Å². The number of aromatic nitrogens is 1. The van der Waals surface area contributed by atoms with Gasteiger partial charge in [-0.2, -0.15) is 0 Å². The predicted octanol–water partition coefficient (Wildman–Crippen LogP) is 0.422. The average Bonchev–Trinajstić information content (AvgIpc) is 2.47. The Bertz CT molecular complexity index is 447. The number of anilines is 1. The Morgan fingerprint density at radius 3 is 2.22 bits per heavy atom. The molecule has 98 valence electrons. The maximum absolute atomic E-state index is 5.92. The molecule has 0 saturated carbocycles. The highest BCUT2D eigenvalue weighted by atomic mass is 16.7. The van der Waals surface area contributed by atoms with E-state index in [1.807, 2.05) is 33.8 Å². The van der Waals surface area contributed by atoms with Crippen molar-refractivity contribution in [3.8, 4) is 0 Å². The molecule has 2 heterocycles. The molecule has 0 amide bonds. The van der Waals surface area contributed by atoms with Crippen LogP contribution in [0.25, 0.3) is 0 Å². The topological polar surface area (TPSA) is 83.4 Å². The Hall–Kier alpha value is -1.11. The highest BCUT2D eigenvalue weighted by Crippen LogP contribution is 2.36. The summed E-state index contributed by atoms with van der Waals surface area (Å²) in [6, 6.07) is 3.63. The molecule has 0 aliphatic carbocycles. The van der Waals surface area contributed by atoms with E-state index in [1.165, 1.54) is 0 Å². The molecule has 4 N–H and O–H groups in total. The molecule has 0 spiro atoms. The van der Waals surface area contributed by atoms with Gasteiger partial charge in [-0.15, -0.1) is 0 Å². The number of hydrogen-bond donors (Lipinski definition) is 2. The van der Waals surface area contributed by atoms with E-state index in [4.69, 9.17) is 20.8 Å². The molecule has 1 fully saturated rings. The lowest BCUT2D eigenvalue weighted by Crippen LogP contribution is -2.41. The lowest BCUT2D eigenvalue weighted by molar-refractivity contribution is 0.00578. The van der Waals surface area contributed by atoms with E-state index in [9.17, 15) is 0 Å². The normalized spacial score (nSPS) is 21.3. The molecule has 0 aromatic carbocycles. The molecular formula is C12H20BN3O2. The fraction of sp³-hybridized carbons (Fsp3) is 0.583. The first-order valence-electron chi connectivity index (χ1n) is 6.07. The summed E-state index contributed by atoms with van der Waals surface area (Å²) in [5.41, 5.74) is 12.2. The zero-order valence-corrected chi connectivity index (χ0v) is 11.4. The standard InChI is InChI=1S/C12H20BN3O2/c1-11(2)12(3,4)18-13(17-11)9-5-8(7-14)6-10(15)16-9/h5-6H,7,14H2,1-4H3,(H2,15,16). The summed E-state index contributed by atoms with van der Waals surface area (Å²) in [6.07, 6.45) is 0. The molecule has 1 aliphatic heterocycles. The Labute approximate surface area is 108 Å². The van der Waals surface area contributed by atoms with Crippen molar-refractivity contribution in [1.29, 1.82) is 0 Å². The van der Waals surface area contributed by atoms with Gasteiger partial charge in [-0.25, -0.2) is 4.98 Å². The van der Waals surface area contributed by atoms with Crippen molar-refractivity contribution < 1.29 is 9.31 Å². The number of nitrogen functional groups attached to an aromatic ring is 1. The first kappa shape index (κ1) is 13.3. The summed E-state index contributed by atoms with van der Waals surface area (Å²) in [5, 5.41) is 0. The smallest absolute Gasteiger partial charge is 0.398 e. The van der Waals surface area contributed by atoms with E-state index in [1.54, 1.807) is 6.07 Å². The molecule has 0 unspecified atom stereocenters. The third-order valence-corrected chi connectivity index (χ3v) is 3.66. The van der Waals surface area contributed by atoms with E-state index in [2.05, 4.69) is 4.98 Å². The molecule has 0 atom stereocenters. The molecule has 0 bridgehead atoms. The fourth-order valence-corrected chi connectivity index (χ4v) is 1.84. The fourth-order valence-electron chi connectivity index (χ4n) is 1.84. The Balaban J connectivity index is 2.32. The monoisotopic (exact) mass is 249 g/mol. The predicted molar refractivity (Wildman–Crippen MR) is 72.3 cm³/mol. The van der Waals surface area contributed by atoms with Crippen LogP contribution >= 0.6 is 0 Å². The van der Waals surface area contributed by atoms with Crippen LogP contribution in [-0.4, -0.2) is 23.3 Å². The van der Waals surface area contributed by atoms with Crippen LogP contribution in [0.3, 0.4) is 0 Å². The second kappa shape index (κ2) is 4.22. The second-order valence-corrected chi connectivity index (χ2v) is 5.62. The summed E-state index contributed by atoms with van der Waals surface area (Å²) < 4.78 is 11.8. The Morgan fingerprint density at radius 1 is 1.17 bits per heavy atom. The summed E-state index contributed by atoms with van der Waals surface area (Å²) in [4.78, 5) is 4.27. The average molecular weight is 249 g/mol. The largest absolute Gasteiger partial charge is 0.514 e. The maximum atomic E-state index is 5.92. The van der Waals surface area contributed by atoms with Gasteiger partial charge in [0.15, 0.2) is 0 Å².